The van der Waals surface area contributed by atoms with Crippen LogP contribution in [0.4, 0.5) is 5.82 Å². The average molecular weight is 274 g/mol. The molecule has 1 heterocycles. The van der Waals surface area contributed by atoms with Crippen LogP contribution in [0.15, 0.2) is 6.20 Å². The second kappa shape index (κ2) is 4.30. The molecule has 0 aromatic carbocycles. The Morgan fingerprint density at radius 2 is 2.27 bits per heavy atom. The van der Waals surface area contributed by atoms with Gasteiger partial charge in [-0.05, 0) is 23.7 Å². The minimum atomic E-state index is -0.454. The Morgan fingerprint density at radius 1 is 1.60 bits per heavy atom. The first kappa shape index (κ1) is 10.6. The van der Waals surface area contributed by atoms with Gasteiger partial charge >= 0.3 is 5.82 Å². The average Bonchev–Trinajstić information content (AvgIpc) is 2.88. The maximum Gasteiger partial charge on any atom is 0.340 e. The SMILES string of the molecule is O=[N+]([O-])c1cnc(C(Br)C2CCCC2)[nH]1. The lowest BCUT2D eigenvalue weighted by atomic mass is 10.0. The highest BCUT2D eigenvalue weighted by Crippen LogP contribution is 2.40. The lowest BCUT2D eigenvalue weighted by Gasteiger charge is -2.11. The van der Waals surface area contributed by atoms with E-state index in [1.165, 1.54) is 31.9 Å². The number of imidazole rings is 1. The summed E-state index contributed by atoms with van der Waals surface area (Å²) in [6.45, 7) is 0. The van der Waals surface area contributed by atoms with Crippen LogP contribution < -0.4 is 0 Å². The highest BCUT2D eigenvalue weighted by Gasteiger charge is 2.28. The molecule has 82 valence electrons. The molecule has 1 aliphatic carbocycles. The van der Waals surface area contributed by atoms with Gasteiger partial charge in [-0.1, -0.05) is 28.8 Å². The van der Waals surface area contributed by atoms with Gasteiger partial charge < -0.3 is 10.1 Å². The van der Waals surface area contributed by atoms with Crippen molar-refractivity contribution in [3.63, 3.8) is 0 Å². The van der Waals surface area contributed by atoms with Gasteiger partial charge in [-0.15, -0.1) is 0 Å². The smallest absolute Gasteiger partial charge is 0.340 e. The van der Waals surface area contributed by atoms with Crippen molar-refractivity contribution in [3.8, 4) is 0 Å². The molecule has 0 radical (unpaired) electrons. The minimum absolute atomic E-state index is 0.0348. The fourth-order valence-electron chi connectivity index (χ4n) is 2.03. The second-order valence-corrected chi connectivity index (χ2v) is 4.84. The minimum Gasteiger partial charge on any atom is -0.358 e. The lowest BCUT2D eigenvalue weighted by molar-refractivity contribution is -0.389. The number of hydrogen-bond acceptors (Lipinski definition) is 3. The summed E-state index contributed by atoms with van der Waals surface area (Å²) in [5.74, 6) is 1.19. The molecular weight excluding hydrogens is 262 g/mol. The van der Waals surface area contributed by atoms with Gasteiger partial charge in [0.15, 0.2) is 0 Å². The van der Waals surface area contributed by atoms with E-state index in [0.29, 0.717) is 11.7 Å². The molecule has 1 aromatic rings. The van der Waals surface area contributed by atoms with E-state index >= 15 is 0 Å². The first-order valence-corrected chi connectivity index (χ1v) is 5.93. The highest BCUT2D eigenvalue weighted by molar-refractivity contribution is 9.09. The molecule has 2 rings (SSSR count). The van der Waals surface area contributed by atoms with E-state index in [4.69, 9.17) is 0 Å². The monoisotopic (exact) mass is 273 g/mol. The summed E-state index contributed by atoms with van der Waals surface area (Å²) in [5, 5.41) is 10.5. The third-order valence-electron chi connectivity index (χ3n) is 2.85. The third kappa shape index (κ3) is 2.19. The predicted molar refractivity (Wildman–Crippen MR) is 58.9 cm³/mol. The fourth-order valence-corrected chi connectivity index (χ4v) is 2.79. The number of nitrogens with zero attached hydrogens (tertiary/aromatic N) is 2. The van der Waals surface area contributed by atoms with Gasteiger partial charge in [-0.3, -0.25) is 0 Å². The van der Waals surface area contributed by atoms with Gasteiger partial charge in [0.25, 0.3) is 0 Å². The van der Waals surface area contributed by atoms with Crippen LogP contribution in [-0.4, -0.2) is 14.9 Å². The molecule has 1 N–H and O–H groups in total. The number of hydrogen-bond donors (Lipinski definition) is 1. The summed E-state index contributed by atoms with van der Waals surface area (Å²) < 4.78 is 0. The van der Waals surface area contributed by atoms with Crippen molar-refractivity contribution in [1.29, 1.82) is 0 Å². The molecule has 6 heteroatoms. The standard InChI is InChI=1S/C9H12BrN3O2/c10-8(6-3-1-2-4-6)9-11-5-7(12-9)13(14)15/h5-6,8H,1-4H2,(H,11,12). The van der Waals surface area contributed by atoms with Crippen molar-refractivity contribution < 1.29 is 4.92 Å². The molecule has 1 fully saturated rings. The molecule has 0 amide bonds. The number of aromatic nitrogens is 2. The predicted octanol–water partition coefficient (Wildman–Crippen LogP) is 2.94. The van der Waals surface area contributed by atoms with Gasteiger partial charge in [0.1, 0.15) is 6.20 Å². The Balaban J connectivity index is 2.10. The van der Waals surface area contributed by atoms with Gasteiger partial charge in [0.2, 0.25) is 5.82 Å². The Labute approximate surface area is 95.6 Å². The quantitative estimate of drug-likeness (QED) is 0.523. The van der Waals surface area contributed by atoms with Crippen molar-refractivity contribution >= 4 is 21.7 Å². The second-order valence-electron chi connectivity index (χ2n) is 3.86. The van der Waals surface area contributed by atoms with Crippen LogP contribution in [0.25, 0.3) is 0 Å². The van der Waals surface area contributed by atoms with E-state index < -0.39 is 4.92 Å². The Morgan fingerprint density at radius 3 is 2.80 bits per heavy atom. The summed E-state index contributed by atoms with van der Waals surface area (Å²) in [6, 6.07) is 0. The van der Waals surface area contributed by atoms with E-state index in [-0.39, 0.29) is 10.6 Å². The molecule has 0 spiro atoms. The van der Waals surface area contributed by atoms with Crippen LogP contribution in [0.3, 0.4) is 0 Å². The van der Waals surface area contributed by atoms with Crippen LogP contribution in [0.2, 0.25) is 0 Å². The van der Waals surface area contributed by atoms with Crippen LogP contribution >= 0.6 is 15.9 Å². The lowest BCUT2D eigenvalue weighted by Crippen LogP contribution is -2.04. The largest absolute Gasteiger partial charge is 0.358 e. The summed E-state index contributed by atoms with van der Waals surface area (Å²) in [5.41, 5.74) is 0. The van der Waals surface area contributed by atoms with E-state index in [0.717, 1.165) is 0 Å². The van der Waals surface area contributed by atoms with Gasteiger partial charge in [-0.25, -0.2) is 9.97 Å². The number of halogens is 1. The first-order valence-electron chi connectivity index (χ1n) is 5.02. The molecule has 1 atom stereocenters. The summed E-state index contributed by atoms with van der Waals surface area (Å²) >= 11 is 3.56. The van der Waals surface area contributed by atoms with Crippen LogP contribution in [-0.2, 0) is 0 Å². The molecule has 0 saturated heterocycles. The highest BCUT2D eigenvalue weighted by atomic mass is 79.9. The van der Waals surface area contributed by atoms with Gasteiger partial charge in [0.05, 0.1) is 4.83 Å². The summed E-state index contributed by atoms with van der Waals surface area (Å²) in [7, 11) is 0. The number of nitro groups is 1. The third-order valence-corrected chi connectivity index (χ3v) is 4.03. The number of alkyl halides is 1. The zero-order chi connectivity index (χ0) is 10.8. The Kier molecular flexibility index (Phi) is 3.04. The number of rotatable bonds is 3. The zero-order valence-electron chi connectivity index (χ0n) is 8.15. The maximum atomic E-state index is 10.5. The van der Waals surface area contributed by atoms with E-state index in [2.05, 4.69) is 25.9 Å². The molecule has 1 aliphatic rings. The molecule has 1 unspecified atom stereocenters. The maximum absolute atomic E-state index is 10.5. The van der Waals surface area contributed by atoms with Gasteiger partial charge in [-0.2, -0.15) is 0 Å². The summed E-state index contributed by atoms with van der Waals surface area (Å²) in [4.78, 5) is 16.9. The Bertz CT molecular complexity index is 360. The molecule has 5 nitrogen and oxygen atoms in total. The Hall–Kier alpha value is -0.910. The molecule has 1 aromatic heterocycles. The van der Waals surface area contributed by atoms with E-state index in [9.17, 15) is 10.1 Å². The van der Waals surface area contributed by atoms with Crippen LogP contribution in [0.5, 0.6) is 0 Å². The van der Waals surface area contributed by atoms with Crippen molar-refractivity contribution in [3.05, 3.63) is 22.1 Å². The normalized spacial score (nSPS) is 19.3. The zero-order valence-corrected chi connectivity index (χ0v) is 9.74. The number of nitrogens with one attached hydrogen (secondary N) is 1. The molecular formula is C9H12BrN3O2. The first-order chi connectivity index (χ1) is 7.18. The number of aromatic amines is 1. The summed E-state index contributed by atoms with van der Waals surface area (Å²) in [6.07, 6.45) is 6.11. The topological polar surface area (TPSA) is 71.8 Å². The van der Waals surface area contributed by atoms with Crippen LogP contribution in [0, 0.1) is 16.0 Å². The van der Waals surface area contributed by atoms with Crippen molar-refractivity contribution in [2.45, 2.75) is 30.5 Å². The molecule has 1 saturated carbocycles. The van der Waals surface area contributed by atoms with Gasteiger partial charge in [0, 0.05) is 0 Å². The van der Waals surface area contributed by atoms with E-state index in [1.807, 2.05) is 0 Å². The number of H-pyrrole nitrogens is 1. The van der Waals surface area contributed by atoms with Crippen molar-refractivity contribution in [1.82, 2.24) is 9.97 Å². The molecule has 0 bridgehead atoms. The van der Waals surface area contributed by atoms with Crippen molar-refractivity contribution in [2.75, 3.05) is 0 Å². The molecule has 0 aliphatic heterocycles. The van der Waals surface area contributed by atoms with E-state index in [1.54, 1.807) is 0 Å². The van der Waals surface area contributed by atoms with Crippen molar-refractivity contribution in [2.24, 2.45) is 5.92 Å². The molecule has 15 heavy (non-hydrogen) atoms. The van der Waals surface area contributed by atoms with Crippen LogP contribution in [0.1, 0.15) is 36.3 Å². The fraction of sp³-hybridized carbons (Fsp3) is 0.667.